The highest BCUT2D eigenvalue weighted by Crippen LogP contribution is 2.27. The summed E-state index contributed by atoms with van der Waals surface area (Å²) in [5, 5.41) is 130. The maximum absolute atomic E-state index is 13.1. The molecular weight excluding hydrogens is 1570 g/mol. The highest BCUT2D eigenvalue weighted by atomic mass is 16.7. The second-order valence-electron chi connectivity index (χ2n) is 34.3. The standard InChI is InChI=1S/C50H81NO11.C49H79NO11/c1-2-3-4-5-6-7-8-9-11-14-17-23-31-42(53)46(56)41(37-61-50-49(59)48(58)47(57)43(35-52)62-50)51-44(54)32-24-18-15-12-10-13-16-19-25-33-60-36-38-27-26-30-40(34-38)45(55)39-28-21-20-22-29-39;1-2-3-4-5-6-7-8-9-10-13-16-22-30-41(52)45(55)40(36-60-49-48(58)47(57)46(56)42(34-51)61-49)50-43(53)31-23-17-14-11-12-15-18-24-32-59-35-37-26-25-29-39(33-37)44(54)38-27-20-19-21-28-38/h20-22,26-30,34,41-43,46-50,52-53,56-59H,2-19,23-25,31-33,35-37H2,1H3,(H,51,54);19-21,25-29,33,40-42,45-49,51-52,55-58H,2-18,22-24,30-32,34-36H2,1H3,(H,50,53)/t41-,42+,43?,46-,47?,48?,49?,50?;40-,41+,42?,45-,46?,47?,48?,49?/m00/s1. The number of amides is 2. The Morgan fingerprint density at radius 3 is 0.935 bits per heavy atom. The Kier molecular flexibility index (Phi) is 59.4. The summed E-state index contributed by atoms with van der Waals surface area (Å²) in [6.07, 6.45) is 26.7. The van der Waals surface area contributed by atoms with E-state index in [4.69, 9.17) is 28.4 Å². The normalized spacial score (nSPS) is 20.5. The van der Waals surface area contributed by atoms with Crippen LogP contribution in [-0.4, -0.2) is 222 Å². The van der Waals surface area contributed by atoms with Crippen LogP contribution >= 0.6 is 0 Å². The second-order valence-corrected chi connectivity index (χ2v) is 34.3. The van der Waals surface area contributed by atoms with Gasteiger partial charge >= 0.3 is 0 Å². The van der Waals surface area contributed by atoms with Crippen molar-refractivity contribution in [3.8, 4) is 0 Å². The number of unbranched alkanes of at least 4 members (excludes halogenated alkanes) is 37. The van der Waals surface area contributed by atoms with Crippen molar-refractivity contribution in [3.05, 3.63) is 143 Å². The van der Waals surface area contributed by atoms with Crippen molar-refractivity contribution in [2.75, 3.05) is 39.6 Å². The lowest BCUT2D eigenvalue weighted by molar-refractivity contribution is -0.303. The molecule has 0 saturated carbocycles. The predicted octanol–water partition coefficient (Wildman–Crippen LogP) is 14.5. The van der Waals surface area contributed by atoms with Crippen LogP contribution in [0.15, 0.2) is 109 Å². The van der Waals surface area contributed by atoms with E-state index in [0.717, 1.165) is 159 Å². The van der Waals surface area contributed by atoms with Crippen LogP contribution in [-0.2, 0) is 51.2 Å². The van der Waals surface area contributed by atoms with E-state index in [1.54, 1.807) is 0 Å². The highest BCUT2D eigenvalue weighted by Gasteiger charge is 2.46. The van der Waals surface area contributed by atoms with E-state index in [9.17, 15) is 80.5 Å². The molecule has 4 aromatic carbocycles. The molecule has 4 aromatic rings. The van der Waals surface area contributed by atoms with Crippen molar-refractivity contribution in [1.29, 1.82) is 0 Å². The number of nitrogens with one attached hydrogen (secondary N) is 2. The number of hydrogen-bond acceptors (Lipinski definition) is 22. The van der Waals surface area contributed by atoms with Crippen LogP contribution < -0.4 is 10.6 Å². The van der Waals surface area contributed by atoms with E-state index >= 15 is 0 Å². The molecule has 0 spiro atoms. The van der Waals surface area contributed by atoms with Gasteiger partial charge in [-0.05, 0) is 61.8 Å². The zero-order valence-corrected chi connectivity index (χ0v) is 74.6. The first-order valence-corrected chi connectivity index (χ1v) is 47.5. The smallest absolute Gasteiger partial charge is 0.220 e. The fourth-order valence-corrected chi connectivity index (χ4v) is 15.9. The van der Waals surface area contributed by atoms with Crippen molar-refractivity contribution >= 4 is 23.4 Å². The van der Waals surface area contributed by atoms with E-state index in [-0.39, 0.29) is 49.4 Å². The third-order valence-electron chi connectivity index (χ3n) is 23.7. The molecule has 16 atom stereocenters. The van der Waals surface area contributed by atoms with Gasteiger partial charge < -0.3 is 100 Å². The molecule has 0 bridgehead atoms. The van der Waals surface area contributed by atoms with Crippen LogP contribution in [0.4, 0.5) is 0 Å². The summed E-state index contributed by atoms with van der Waals surface area (Å²) in [6, 6.07) is 31.7. The first-order valence-electron chi connectivity index (χ1n) is 47.5. The molecule has 2 amide bonds. The van der Waals surface area contributed by atoms with Gasteiger partial charge in [-0.2, -0.15) is 0 Å². The zero-order chi connectivity index (χ0) is 88.9. The van der Waals surface area contributed by atoms with E-state index < -0.39 is 111 Å². The topological polar surface area (TPSA) is 390 Å². The Bertz CT molecular complexity index is 3300. The number of carbonyl (C=O) groups is 4. The van der Waals surface area contributed by atoms with Crippen LogP contribution in [0, 0.1) is 0 Å². The molecule has 6 rings (SSSR count). The summed E-state index contributed by atoms with van der Waals surface area (Å²) in [7, 11) is 0. The van der Waals surface area contributed by atoms with Crippen LogP contribution in [0.25, 0.3) is 0 Å². The van der Waals surface area contributed by atoms with Crippen molar-refractivity contribution in [1.82, 2.24) is 10.6 Å². The number of ether oxygens (including phenoxy) is 6. The average molecular weight is 1730 g/mol. The van der Waals surface area contributed by atoms with Crippen LogP contribution in [0.5, 0.6) is 0 Å². The Morgan fingerprint density at radius 1 is 0.341 bits per heavy atom. The maximum atomic E-state index is 13.1. The number of ketones is 2. The van der Waals surface area contributed by atoms with Crippen molar-refractivity contribution in [2.24, 2.45) is 0 Å². The maximum Gasteiger partial charge on any atom is 0.220 e. The summed E-state index contributed by atoms with van der Waals surface area (Å²) >= 11 is 0. The molecule has 123 heavy (non-hydrogen) atoms. The molecule has 2 aliphatic heterocycles. The van der Waals surface area contributed by atoms with Crippen LogP contribution in [0.2, 0.25) is 0 Å². The highest BCUT2D eigenvalue weighted by molar-refractivity contribution is 6.09. The van der Waals surface area contributed by atoms with Gasteiger partial charge in [0.05, 0.1) is 63.9 Å². The number of carbonyl (C=O) groups excluding carboxylic acids is 4. The van der Waals surface area contributed by atoms with Crippen molar-refractivity contribution in [2.45, 2.75) is 414 Å². The van der Waals surface area contributed by atoms with Crippen molar-refractivity contribution < 1.29 is 109 Å². The summed E-state index contributed by atoms with van der Waals surface area (Å²) in [5.74, 6) is -0.577. The van der Waals surface area contributed by atoms with Crippen molar-refractivity contribution in [3.63, 3.8) is 0 Å². The number of hydrogen-bond donors (Lipinski definition) is 14. The largest absolute Gasteiger partial charge is 0.394 e. The van der Waals surface area contributed by atoms with Crippen LogP contribution in [0.1, 0.15) is 346 Å². The summed E-state index contributed by atoms with van der Waals surface area (Å²) in [4.78, 5) is 51.6. The van der Waals surface area contributed by atoms with E-state index in [0.29, 0.717) is 74.4 Å². The Balaban J connectivity index is 0.000000437. The monoisotopic (exact) mass is 1730 g/mol. The molecular formula is C99H160N2O22. The quantitative estimate of drug-likeness (QED) is 0.0144. The van der Waals surface area contributed by atoms with E-state index in [2.05, 4.69) is 24.5 Å². The first-order chi connectivity index (χ1) is 59.8. The van der Waals surface area contributed by atoms with E-state index in [1.807, 2.05) is 109 Å². The number of aliphatic hydroxyl groups is 12. The molecule has 2 heterocycles. The zero-order valence-electron chi connectivity index (χ0n) is 74.6. The molecule has 2 saturated heterocycles. The molecule has 24 nitrogen and oxygen atoms in total. The number of rotatable bonds is 71. The molecule has 14 N–H and O–H groups in total. The number of aliphatic hydroxyl groups excluding tert-OH is 12. The molecule has 2 fully saturated rings. The lowest BCUT2D eigenvalue weighted by atomic mass is 9.98. The minimum Gasteiger partial charge on any atom is -0.394 e. The molecule has 0 radical (unpaired) electrons. The van der Waals surface area contributed by atoms with Gasteiger partial charge in [0.15, 0.2) is 24.1 Å². The molecule has 2 aliphatic rings. The third kappa shape index (κ3) is 45.3. The molecule has 698 valence electrons. The van der Waals surface area contributed by atoms with Gasteiger partial charge in [-0.1, -0.05) is 348 Å². The predicted molar refractivity (Wildman–Crippen MR) is 478 cm³/mol. The Morgan fingerprint density at radius 2 is 0.626 bits per heavy atom. The molecule has 24 heteroatoms. The number of benzene rings is 4. The fraction of sp³-hybridized carbons (Fsp3) is 0.717. The Labute approximate surface area is 735 Å². The minimum absolute atomic E-state index is 0.00339. The van der Waals surface area contributed by atoms with Gasteiger partial charge in [-0.25, -0.2) is 0 Å². The third-order valence-corrected chi connectivity index (χ3v) is 23.7. The van der Waals surface area contributed by atoms with Gasteiger partial charge in [0.1, 0.15) is 61.0 Å². The SMILES string of the molecule is CCCCCCCCCCCCCC[C@@H](O)[C@@H](O)[C@H](COC1OC(CO)C(O)C(O)C1O)NC(=O)CCCCCCCCCCCOCc1cccc(C(=O)c2ccccc2)c1.CCCCCCCCCCCCCC[C@@H](O)[C@@H](O)[C@H](COC1OC(CO)C(O)C(O)C1O)NC(=O)CCCCCCCCCCOCc1cccc(C(=O)c2ccccc2)c1. The second kappa shape index (κ2) is 67.7. The fourth-order valence-electron chi connectivity index (χ4n) is 15.9. The van der Waals surface area contributed by atoms with Gasteiger partial charge in [-0.15, -0.1) is 0 Å². The molecule has 10 unspecified atom stereocenters. The molecule has 0 aromatic heterocycles. The van der Waals surface area contributed by atoms with Gasteiger partial charge in [0, 0.05) is 48.3 Å². The van der Waals surface area contributed by atoms with Gasteiger partial charge in [0.25, 0.3) is 0 Å². The van der Waals surface area contributed by atoms with E-state index in [1.165, 1.54) is 103 Å². The average Bonchev–Trinajstić information content (AvgIpc) is 0.838. The minimum atomic E-state index is -1.63. The lowest BCUT2D eigenvalue weighted by Gasteiger charge is -2.40. The van der Waals surface area contributed by atoms with Gasteiger partial charge in [0.2, 0.25) is 11.8 Å². The van der Waals surface area contributed by atoms with Gasteiger partial charge in [-0.3, -0.25) is 19.2 Å². The lowest BCUT2D eigenvalue weighted by Crippen LogP contribution is -2.60. The first kappa shape index (κ1) is 108. The Hall–Kier alpha value is -5.56. The molecule has 0 aliphatic carbocycles. The van der Waals surface area contributed by atoms with Crippen LogP contribution in [0.3, 0.4) is 0 Å². The summed E-state index contributed by atoms with van der Waals surface area (Å²) in [5.41, 5.74) is 4.63. The summed E-state index contributed by atoms with van der Waals surface area (Å²) < 4.78 is 34.1. The summed E-state index contributed by atoms with van der Waals surface area (Å²) in [6.45, 7) is 4.85.